The summed E-state index contributed by atoms with van der Waals surface area (Å²) in [6.45, 7) is 2.66. The number of carbonyl (C=O) groups excluding carboxylic acids is 1. The summed E-state index contributed by atoms with van der Waals surface area (Å²) in [6.07, 6.45) is 9.19. The second-order valence-electron chi connectivity index (χ2n) is 3.27. The standard InChI is InChI=1S/C7H10.C3H6O2/c1-2-7-4-3-6(1)5-7;1-2-5-3-4/h1-2,6-7H,3-5H2;3H,2H2,1H3. The first-order valence-corrected chi connectivity index (χ1v) is 4.60. The summed E-state index contributed by atoms with van der Waals surface area (Å²) in [7, 11) is 0. The molecule has 0 aromatic carbocycles. The van der Waals surface area contributed by atoms with Crippen LogP contribution in [0.2, 0.25) is 0 Å². The lowest BCUT2D eigenvalue weighted by molar-refractivity contribution is -0.128. The van der Waals surface area contributed by atoms with Crippen molar-refractivity contribution >= 4 is 6.47 Å². The van der Waals surface area contributed by atoms with Gasteiger partial charge in [-0.1, -0.05) is 12.2 Å². The Labute approximate surface area is 73.6 Å². The number of fused-ring (bicyclic) bond motifs is 2. The highest BCUT2D eigenvalue weighted by Gasteiger charge is 2.25. The lowest BCUT2D eigenvalue weighted by atomic mass is 10.1. The Bertz CT molecular complexity index is 151. The van der Waals surface area contributed by atoms with E-state index in [1.807, 2.05) is 0 Å². The lowest BCUT2D eigenvalue weighted by Crippen LogP contribution is -1.82. The maximum Gasteiger partial charge on any atom is 0.293 e. The molecule has 0 N–H and O–H groups in total. The van der Waals surface area contributed by atoms with Gasteiger partial charge in [-0.2, -0.15) is 0 Å². The fraction of sp³-hybridized carbons (Fsp3) is 0.700. The summed E-state index contributed by atoms with van der Waals surface area (Å²) in [4.78, 5) is 9.18. The highest BCUT2D eigenvalue weighted by atomic mass is 16.5. The Balaban J connectivity index is 0.000000130. The predicted molar refractivity (Wildman–Crippen MR) is 47.7 cm³/mol. The molecule has 1 fully saturated rings. The summed E-state index contributed by atoms with van der Waals surface area (Å²) in [5.74, 6) is 1.98. The minimum absolute atomic E-state index is 0.431. The van der Waals surface area contributed by atoms with Crippen molar-refractivity contribution in [3.05, 3.63) is 12.2 Å². The molecule has 1 saturated carbocycles. The van der Waals surface area contributed by atoms with Gasteiger partial charge in [0.1, 0.15) is 0 Å². The van der Waals surface area contributed by atoms with Gasteiger partial charge in [-0.25, -0.2) is 0 Å². The molecule has 2 aliphatic carbocycles. The van der Waals surface area contributed by atoms with Crippen LogP contribution in [0.15, 0.2) is 12.2 Å². The third-order valence-electron chi connectivity index (χ3n) is 2.40. The SMILES string of the molecule is C1=CC2CCC1C2.CCOC=O. The zero-order chi connectivity index (χ0) is 8.81. The van der Waals surface area contributed by atoms with Gasteiger partial charge in [0, 0.05) is 0 Å². The summed E-state index contributed by atoms with van der Waals surface area (Å²) in [5.41, 5.74) is 0. The first-order valence-electron chi connectivity index (χ1n) is 4.60. The number of carbonyl (C=O) groups is 1. The van der Waals surface area contributed by atoms with Crippen molar-refractivity contribution in [1.29, 1.82) is 0 Å². The number of hydrogen-bond acceptors (Lipinski definition) is 2. The van der Waals surface area contributed by atoms with Crippen LogP contribution < -0.4 is 0 Å². The topological polar surface area (TPSA) is 26.3 Å². The van der Waals surface area contributed by atoms with Gasteiger partial charge in [0.15, 0.2) is 0 Å². The lowest BCUT2D eigenvalue weighted by Gasteiger charge is -1.96. The molecule has 0 aromatic heterocycles. The average molecular weight is 168 g/mol. The smallest absolute Gasteiger partial charge is 0.293 e. The molecular weight excluding hydrogens is 152 g/mol. The van der Waals surface area contributed by atoms with E-state index >= 15 is 0 Å². The Morgan fingerprint density at radius 3 is 2.08 bits per heavy atom. The molecule has 0 aliphatic heterocycles. The normalized spacial score (nSPS) is 29.4. The molecule has 0 amide bonds. The van der Waals surface area contributed by atoms with Crippen LogP contribution in [0.3, 0.4) is 0 Å². The van der Waals surface area contributed by atoms with Gasteiger partial charge in [0.2, 0.25) is 0 Å². The summed E-state index contributed by atoms with van der Waals surface area (Å²) < 4.78 is 4.15. The Morgan fingerprint density at radius 1 is 1.42 bits per heavy atom. The monoisotopic (exact) mass is 168 g/mol. The molecule has 0 aromatic rings. The Kier molecular flexibility index (Phi) is 3.85. The van der Waals surface area contributed by atoms with Gasteiger partial charge in [-0.3, -0.25) is 4.79 Å². The average Bonchev–Trinajstić information content (AvgIpc) is 2.69. The van der Waals surface area contributed by atoms with Crippen LogP contribution in [0, 0.1) is 11.8 Å². The van der Waals surface area contributed by atoms with E-state index in [4.69, 9.17) is 0 Å². The van der Waals surface area contributed by atoms with E-state index in [0.29, 0.717) is 13.1 Å². The zero-order valence-electron chi connectivity index (χ0n) is 7.53. The first kappa shape index (κ1) is 9.30. The molecule has 2 bridgehead atoms. The van der Waals surface area contributed by atoms with Gasteiger partial charge in [0.25, 0.3) is 6.47 Å². The molecule has 2 nitrogen and oxygen atoms in total. The Morgan fingerprint density at radius 2 is 2.00 bits per heavy atom. The molecule has 2 atom stereocenters. The van der Waals surface area contributed by atoms with E-state index in [9.17, 15) is 4.79 Å². The molecule has 2 aliphatic rings. The van der Waals surface area contributed by atoms with E-state index in [1.54, 1.807) is 6.92 Å². The van der Waals surface area contributed by atoms with Crippen molar-refractivity contribution in [2.45, 2.75) is 26.2 Å². The van der Waals surface area contributed by atoms with E-state index in [1.165, 1.54) is 19.3 Å². The molecular formula is C10H16O2. The largest absolute Gasteiger partial charge is 0.468 e. The van der Waals surface area contributed by atoms with Crippen molar-refractivity contribution in [3.63, 3.8) is 0 Å². The molecule has 0 saturated heterocycles. The van der Waals surface area contributed by atoms with Gasteiger partial charge in [-0.05, 0) is 38.0 Å². The first-order chi connectivity index (χ1) is 5.86. The minimum atomic E-state index is 0.431. The number of allylic oxidation sites excluding steroid dienone is 2. The highest BCUT2D eigenvalue weighted by Crippen LogP contribution is 2.38. The maximum atomic E-state index is 9.18. The van der Waals surface area contributed by atoms with Crippen LogP contribution in [-0.2, 0) is 9.53 Å². The van der Waals surface area contributed by atoms with Crippen LogP contribution in [-0.4, -0.2) is 13.1 Å². The second kappa shape index (κ2) is 4.96. The van der Waals surface area contributed by atoms with Crippen molar-refractivity contribution < 1.29 is 9.53 Å². The minimum Gasteiger partial charge on any atom is -0.468 e. The molecule has 2 heteroatoms. The molecule has 12 heavy (non-hydrogen) atoms. The quantitative estimate of drug-likeness (QED) is 0.466. The fourth-order valence-corrected chi connectivity index (χ4v) is 1.78. The van der Waals surface area contributed by atoms with Crippen molar-refractivity contribution in [1.82, 2.24) is 0 Å². The molecule has 2 unspecified atom stereocenters. The van der Waals surface area contributed by atoms with Gasteiger partial charge in [-0.15, -0.1) is 0 Å². The maximum absolute atomic E-state index is 9.18. The van der Waals surface area contributed by atoms with Crippen LogP contribution in [0.1, 0.15) is 26.2 Å². The van der Waals surface area contributed by atoms with E-state index in [2.05, 4.69) is 16.9 Å². The van der Waals surface area contributed by atoms with Gasteiger partial charge in [0.05, 0.1) is 6.61 Å². The fourth-order valence-electron chi connectivity index (χ4n) is 1.78. The van der Waals surface area contributed by atoms with Crippen molar-refractivity contribution in [2.24, 2.45) is 11.8 Å². The van der Waals surface area contributed by atoms with Crippen LogP contribution >= 0.6 is 0 Å². The Hall–Kier alpha value is -0.790. The van der Waals surface area contributed by atoms with Crippen LogP contribution in [0.5, 0.6) is 0 Å². The second-order valence-corrected chi connectivity index (χ2v) is 3.27. The third-order valence-corrected chi connectivity index (χ3v) is 2.40. The number of hydrogen-bond donors (Lipinski definition) is 0. The van der Waals surface area contributed by atoms with E-state index < -0.39 is 0 Å². The third kappa shape index (κ3) is 2.68. The van der Waals surface area contributed by atoms with Crippen molar-refractivity contribution in [2.75, 3.05) is 6.61 Å². The zero-order valence-corrected chi connectivity index (χ0v) is 7.53. The van der Waals surface area contributed by atoms with E-state index in [-0.39, 0.29) is 0 Å². The number of ether oxygens (including phenoxy) is 1. The highest BCUT2D eigenvalue weighted by molar-refractivity contribution is 5.36. The molecule has 0 spiro atoms. The summed E-state index contributed by atoms with van der Waals surface area (Å²) in [6, 6.07) is 0. The molecule has 0 heterocycles. The molecule has 68 valence electrons. The predicted octanol–water partition coefficient (Wildman–Crippen LogP) is 2.15. The van der Waals surface area contributed by atoms with Crippen LogP contribution in [0.4, 0.5) is 0 Å². The number of rotatable bonds is 2. The molecule has 2 rings (SSSR count). The van der Waals surface area contributed by atoms with Gasteiger partial charge >= 0.3 is 0 Å². The summed E-state index contributed by atoms with van der Waals surface area (Å²) in [5, 5.41) is 0. The van der Waals surface area contributed by atoms with Gasteiger partial charge < -0.3 is 4.74 Å². The molecule has 0 radical (unpaired) electrons. The van der Waals surface area contributed by atoms with E-state index in [0.717, 1.165) is 11.8 Å². The summed E-state index contributed by atoms with van der Waals surface area (Å²) >= 11 is 0. The van der Waals surface area contributed by atoms with Crippen molar-refractivity contribution in [3.8, 4) is 0 Å². The van der Waals surface area contributed by atoms with Crippen LogP contribution in [0.25, 0.3) is 0 Å².